The van der Waals surface area contributed by atoms with Crippen LogP contribution in [0.25, 0.3) is 0 Å². The van der Waals surface area contributed by atoms with Crippen LogP contribution in [-0.4, -0.2) is 11.8 Å². The monoisotopic (exact) mass is 255 g/mol. The molecule has 0 amide bonds. The Kier molecular flexibility index (Phi) is 4.49. The molecule has 0 saturated carbocycles. The first-order chi connectivity index (χ1) is 6.72. The Bertz CT molecular complexity index is 335. The van der Waals surface area contributed by atoms with Crippen molar-refractivity contribution in [2.45, 2.75) is 25.6 Å². The number of benzene rings is 1. The molecule has 0 saturated heterocycles. The van der Waals surface area contributed by atoms with Crippen LogP contribution in [0.1, 0.15) is 13.8 Å². The third-order valence-corrected chi connectivity index (χ3v) is 1.94. The van der Waals surface area contributed by atoms with Crippen LogP contribution >= 0.6 is 12.4 Å². The summed E-state index contributed by atoms with van der Waals surface area (Å²) < 4.78 is 42.2. The van der Waals surface area contributed by atoms with Gasteiger partial charge in [0.2, 0.25) is 0 Å². The van der Waals surface area contributed by atoms with E-state index in [-0.39, 0.29) is 18.2 Å². The Labute approximate surface area is 98.0 Å². The van der Waals surface area contributed by atoms with Crippen molar-refractivity contribution in [3.05, 3.63) is 24.3 Å². The maximum atomic E-state index is 12.4. The van der Waals surface area contributed by atoms with E-state index in [1.807, 2.05) is 0 Å². The fraction of sp³-hybridized carbons (Fsp3) is 0.400. The number of rotatable bonds is 2. The largest absolute Gasteiger partial charge is 0.478 e. The number of anilines is 1. The number of hydrogen-bond acceptors (Lipinski definition) is 2. The average Bonchev–Trinajstić information content (AvgIpc) is 2.06. The van der Waals surface area contributed by atoms with E-state index in [0.717, 1.165) is 13.8 Å². The summed E-state index contributed by atoms with van der Waals surface area (Å²) in [5.74, 6) is 0.145. The molecule has 1 aromatic carbocycles. The van der Waals surface area contributed by atoms with Crippen LogP contribution in [0.3, 0.4) is 0 Å². The first kappa shape index (κ1) is 14.9. The molecule has 2 N–H and O–H groups in total. The Morgan fingerprint density at radius 1 is 1.06 bits per heavy atom. The molecule has 1 aromatic rings. The van der Waals surface area contributed by atoms with E-state index < -0.39 is 11.8 Å². The van der Waals surface area contributed by atoms with Crippen LogP contribution in [0.15, 0.2) is 24.3 Å². The van der Waals surface area contributed by atoms with Crippen LogP contribution in [0.4, 0.5) is 18.9 Å². The molecule has 0 aliphatic rings. The van der Waals surface area contributed by atoms with E-state index in [1.165, 1.54) is 24.3 Å². The number of hydrogen-bond donors (Lipinski definition) is 1. The molecule has 0 heterocycles. The lowest BCUT2D eigenvalue weighted by Crippen LogP contribution is -2.44. The van der Waals surface area contributed by atoms with Crippen LogP contribution in [0.2, 0.25) is 0 Å². The summed E-state index contributed by atoms with van der Waals surface area (Å²) in [4.78, 5) is 0. The molecular formula is C10H13ClF3NO. The van der Waals surface area contributed by atoms with Crippen molar-refractivity contribution < 1.29 is 17.9 Å². The Morgan fingerprint density at radius 3 is 1.88 bits per heavy atom. The van der Waals surface area contributed by atoms with Crippen molar-refractivity contribution in [2.75, 3.05) is 5.73 Å². The van der Waals surface area contributed by atoms with E-state index in [4.69, 9.17) is 10.5 Å². The van der Waals surface area contributed by atoms with Gasteiger partial charge in [0.1, 0.15) is 5.75 Å². The van der Waals surface area contributed by atoms with Crippen molar-refractivity contribution in [2.24, 2.45) is 0 Å². The molecule has 0 fully saturated rings. The second-order valence-electron chi connectivity index (χ2n) is 3.68. The van der Waals surface area contributed by atoms with Gasteiger partial charge in [0.25, 0.3) is 0 Å². The van der Waals surface area contributed by atoms with Gasteiger partial charge in [-0.15, -0.1) is 12.4 Å². The van der Waals surface area contributed by atoms with Crippen LogP contribution < -0.4 is 10.5 Å². The van der Waals surface area contributed by atoms with Crippen molar-refractivity contribution >= 4 is 18.1 Å². The summed E-state index contributed by atoms with van der Waals surface area (Å²) in [5.41, 5.74) is 3.67. The third-order valence-electron chi connectivity index (χ3n) is 1.94. The highest BCUT2D eigenvalue weighted by atomic mass is 35.5. The van der Waals surface area contributed by atoms with Gasteiger partial charge in [0, 0.05) is 5.69 Å². The minimum atomic E-state index is -4.41. The molecule has 0 radical (unpaired) electrons. The highest BCUT2D eigenvalue weighted by Gasteiger charge is 2.49. The molecule has 0 aliphatic heterocycles. The molecule has 1 rings (SSSR count). The van der Waals surface area contributed by atoms with Crippen molar-refractivity contribution in [3.63, 3.8) is 0 Å². The first-order valence-electron chi connectivity index (χ1n) is 4.34. The number of nitrogen functional groups attached to an aromatic ring is 1. The van der Waals surface area contributed by atoms with Gasteiger partial charge in [-0.25, -0.2) is 0 Å². The maximum absolute atomic E-state index is 12.4. The quantitative estimate of drug-likeness (QED) is 0.822. The fourth-order valence-corrected chi connectivity index (χ4v) is 0.888. The highest BCUT2D eigenvalue weighted by Crippen LogP contribution is 2.34. The van der Waals surface area contributed by atoms with Crippen LogP contribution in [-0.2, 0) is 0 Å². The molecule has 6 heteroatoms. The lowest BCUT2D eigenvalue weighted by molar-refractivity contribution is -0.234. The molecule has 0 atom stereocenters. The van der Waals surface area contributed by atoms with Gasteiger partial charge >= 0.3 is 6.18 Å². The van der Waals surface area contributed by atoms with Gasteiger partial charge in [-0.05, 0) is 38.1 Å². The second kappa shape index (κ2) is 4.82. The predicted molar refractivity (Wildman–Crippen MR) is 58.9 cm³/mol. The van der Waals surface area contributed by atoms with E-state index in [1.54, 1.807) is 0 Å². The lowest BCUT2D eigenvalue weighted by Gasteiger charge is -2.28. The van der Waals surface area contributed by atoms with Gasteiger partial charge in [-0.2, -0.15) is 13.2 Å². The molecular weight excluding hydrogens is 243 g/mol. The van der Waals surface area contributed by atoms with Crippen molar-refractivity contribution in [1.82, 2.24) is 0 Å². The SMILES string of the molecule is CC(C)(Oc1ccc(N)cc1)C(F)(F)F.Cl. The number of ether oxygens (including phenoxy) is 1. The van der Waals surface area contributed by atoms with Crippen LogP contribution in [0.5, 0.6) is 5.75 Å². The lowest BCUT2D eigenvalue weighted by atomic mass is 10.1. The fourth-order valence-electron chi connectivity index (χ4n) is 0.888. The average molecular weight is 256 g/mol. The predicted octanol–water partition coefficient (Wildman–Crippen LogP) is 3.41. The van der Waals surface area contributed by atoms with E-state index in [2.05, 4.69) is 0 Å². The second-order valence-corrected chi connectivity index (χ2v) is 3.68. The summed E-state index contributed by atoms with van der Waals surface area (Å²) in [6.07, 6.45) is -4.41. The van der Waals surface area contributed by atoms with E-state index >= 15 is 0 Å². The van der Waals surface area contributed by atoms with Crippen LogP contribution in [0, 0.1) is 0 Å². The molecule has 0 spiro atoms. The maximum Gasteiger partial charge on any atom is 0.427 e. The first-order valence-corrected chi connectivity index (χ1v) is 4.34. The minimum Gasteiger partial charge on any atom is -0.478 e. The summed E-state index contributed by atoms with van der Waals surface area (Å²) in [6, 6.07) is 5.79. The zero-order valence-corrected chi connectivity index (χ0v) is 9.65. The van der Waals surface area contributed by atoms with Crippen molar-refractivity contribution in [3.8, 4) is 5.75 Å². The van der Waals surface area contributed by atoms with E-state index in [0.29, 0.717) is 5.69 Å². The summed E-state index contributed by atoms with van der Waals surface area (Å²) in [5, 5.41) is 0. The highest BCUT2D eigenvalue weighted by molar-refractivity contribution is 5.85. The van der Waals surface area contributed by atoms with Gasteiger partial charge in [0.05, 0.1) is 0 Å². The Hall–Kier alpha value is -1.10. The summed E-state index contributed by atoms with van der Waals surface area (Å²) in [6.45, 7) is 1.95. The van der Waals surface area contributed by atoms with Gasteiger partial charge in [0.15, 0.2) is 5.60 Å². The summed E-state index contributed by atoms with van der Waals surface area (Å²) in [7, 11) is 0. The Morgan fingerprint density at radius 2 is 1.50 bits per heavy atom. The van der Waals surface area contributed by atoms with E-state index in [9.17, 15) is 13.2 Å². The molecule has 92 valence electrons. The standard InChI is InChI=1S/C10H12F3NO.ClH/c1-9(2,10(11,12)13)15-8-5-3-7(14)4-6-8;/h3-6H,14H2,1-2H3;1H. The molecule has 16 heavy (non-hydrogen) atoms. The zero-order chi connectivity index (χ0) is 11.7. The number of halogens is 4. The molecule has 2 nitrogen and oxygen atoms in total. The molecule has 0 bridgehead atoms. The topological polar surface area (TPSA) is 35.2 Å². The molecule has 0 aliphatic carbocycles. The third kappa shape index (κ3) is 3.48. The molecule has 0 unspecified atom stereocenters. The van der Waals surface area contributed by atoms with Gasteiger partial charge in [-0.3, -0.25) is 0 Å². The zero-order valence-electron chi connectivity index (χ0n) is 8.84. The number of nitrogens with two attached hydrogens (primary N) is 1. The summed E-state index contributed by atoms with van der Waals surface area (Å²) >= 11 is 0. The normalized spacial score (nSPS) is 11.8. The minimum absolute atomic E-state index is 0. The van der Waals surface area contributed by atoms with Crippen molar-refractivity contribution in [1.29, 1.82) is 0 Å². The van der Waals surface area contributed by atoms with Gasteiger partial charge < -0.3 is 10.5 Å². The molecule has 0 aromatic heterocycles. The number of alkyl halides is 3. The Balaban J connectivity index is 0.00000225. The smallest absolute Gasteiger partial charge is 0.427 e. The van der Waals surface area contributed by atoms with Gasteiger partial charge in [-0.1, -0.05) is 0 Å².